The van der Waals surface area contributed by atoms with Crippen LogP contribution < -0.4 is 21.3 Å². The summed E-state index contributed by atoms with van der Waals surface area (Å²) in [5, 5.41) is 13.2. The SMILES string of the molecule is C=C/C=C\C(Cl)=C/C/C=C/C(=O)N[C@H]1C/C=C/CCC(=O)Nc2cc(NC)ccc2C2CN=C1N2. The minimum Gasteiger partial charge on any atom is -0.388 e. The third kappa shape index (κ3) is 8.00. The second-order valence-electron chi connectivity index (χ2n) is 8.15. The molecular formula is C27H32ClN5O2. The van der Waals surface area contributed by atoms with Gasteiger partial charge in [-0.15, -0.1) is 0 Å². The Morgan fingerprint density at radius 2 is 2.17 bits per heavy atom. The van der Waals surface area contributed by atoms with Crippen molar-refractivity contribution in [1.29, 1.82) is 0 Å². The van der Waals surface area contributed by atoms with Gasteiger partial charge in [0, 0.05) is 29.9 Å². The molecule has 0 saturated carbocycles. The molecule has 2 heterocycles. The van der Waals surface area contributed by atoms with Crippen molar-refractivity contribution in [3.8, 4) is 0 Å². The van der Waals surface area contributed by atoms with E-state index >= 15 is 0 Å². The van der Waals surface area contributed by atoms with Gasteiger partial charge in [0.25, 0.3) is 0 Å². The largest absolute Gasteiger partial charge is 0.388 e. The summed E-state index contributed by atoms with van der Waals surface area (Å²) in [5.41, 5.74) is 2.64. The predicted octanol–water partition coefficient (Wildman–Crippen LogP) is 4.75. The minimum atomic E-state index is -0.299. The molecule has 0 radical (unpaired) electrons. The van der Waals surface area contributed by atoms with Gasteiger partial charge in [0.2, 0.25) is 11.8 Å². The zero-order valence-corrected chi connectivity index (χ0v) is 20.6. The van der Waals surface area contributed by atoms with E-state index in [0.717, 1.165) is 22.8 Å². The van der Waals surface area contributed by atoms with E-state index in [9.17, 15) is 9.59 Å². The van der Waals surface area contributed by atoms with Crippen molar-refractivity contribution in [3.05, 3.63) is 84.0 Å². The molecule has 0 aliphatic carbocycles. The highest BCUT2D eigenvalue weighted by Crippen LogP contribution is 2.29. The van der Waals surface area contributed by atoms with Crippen molar-refractivity contribution < 1.29 is 9.59 Å². The van der Waals surface area contributed by atoms with E-state index in [-0.39, 0.29) is 23.9 Å². The maximum Gasteiger partial charge on any atom is 0.244 e. The number of nitrogens with one attached hydrogen (secondary N) is 4. The average Bonchev–Trinajstić information content (AvgIpc) is 3.34. The fraction of sp³-hybridized carbons (Fsp3) is 0.296. The lowest BCUT2D eigenvalue weighted by Gasteiger charge is -2.21. The Bertz CT molecular complexity index is 1090. The lowest BCUT2D eigenvalue weighted by Crippen LogP contribution is -2.45. The van der Waals surface area contributed by atoms with E-state index < -0.39 is 0 Å². The number of aliphatic imine (C=N–C) groups is 1. The molecule has 2 aliphatic heterocycles. The first-order valence-electron chi connectivity index (χ1n) is 11.7. The summed E-state index contributed by atoms with van der Waals surface area (Å²) in [7, 11) is 1.84. The normalized spacial score (nSPS) is 21.6. The Kier molecular flexibility index (Phi) is 9.93. The first-order chi connectivity index (χ1) is 17.0. The number of halogens is 1. The van der Waals surface area contributed by atoms with Crippen molar-refractivity contribution in [1.82, 2.24) is 10.6 Å². The Morgan fingerprint density at radius 1 is 1.31 bits per heavy atom. The summed E-state index contributed by atoms with van der Waals surface area (Å²) in [4.78, 5) is 29.8. The van der Waals surface area contributed by atoms with Crippen LogP contribution in [0.3, 0.4) is 0 Å². The number of benzene rings is 1. The van der Waals surface area contributed by atoms with Crippen LogP contribution in [0, 0.1) is 0 Å². The molecule has 0 fully saturated rings. The minimum absolute atomic E-state index is 0.0355. The second-order valence-corrected chi connectivity index (χ2v) is 8.59. The third-order valence-electron chi connectivity index (χ3n) is 5.59. The molecule has 1 unspecified atom stereocenters. The van der Waals surface area contributed by atoms with Gasteiger partial charge in [-0.05, 0) is 49.1 Å². The van der Waals surface area contributed by atoms with Crippen LogP contribution in [0.15, 0.2) is 83.4 Å². The summed E-state index contributed by atoms with van der Waals surface area (Å²) >= 11 is 6.07. The maximum atomic E-state index is 12.6. The molecule has 2 bridgehead atoms. The van der Waals surface area contributed by atoms with E-state index in [1.807, 2.05) is 43.5 Å². The maximum absolute atomic E-state index is 12.6. The van der Waals surface area contributed by atoms with Gasteiger partial charge in [0.05, 0.1) is 18.6 Å². The fourth-order valence-electron chi connectivity index (χ4n) is 3.79. The van der Waals surface area contributed by atoms with Crippen LogP contribution in [-0.2, 0) is 9.59 Å². The fourth-order valence-corrected chi connectivity index (χ4v) is 3.95. The van der Waals surface area contributed by atoms with Crippen molar-refractivity contribution >= 4 is 40.6 Å². The van der Waals surface area contributed by atoms with Crippen LogP contribution in [0.5, 0.6) is 0 Å². The molecule has 4 N–H and O–H groups in total. The molecule has 1 aromatic carbocycles. The highest BCUT2D eigenvalue weighted by atomic mass is 35.5. The Hall–Kier alpha value is -3.58. The van der Waals surface area contributed by atoms with Gasteiger partial charge in [-0.1, -0.05) is 60.7 Å². The number of amidine groups is 1. The van der Waals surface area contributed by atoms with Crippen molar-refractivity contribution in [2.24, 2.45) is 4.99 Å². The molecule has 2 amide bonds. The average molecular weight is 494 g/mol. The zero-order valence-electron chi connectivity index (χ0n) is 19.9. The molecule has 0 spiro atoms. The van der Waals surface area contributed by atoms with E-state index in [4.69, 9.17) is 16.6 Å². The number of fused-ring (bicyclic) bond motifs is 4. The number of amides is 2. The molecule has 35 heavy (non-hydrogen) atoms. The molecule has 8 heteroatoms. The van der Waals surface area contributed by atoms with Crippen LogP contribution in [0.25, 0.3) is 0 Å². The quantitative estimate of drug-likeness (QED) is 0.250. The molecule has 0 aromatic heterocycles. The Balaban J connectivity index is 1.72. The van der Waals surface area contributed by atoms with Gasteiger partial charge in [0.1, 0.15) is 5.84 Å². The van der Waals surface area contributed by atoms with Gasteiger partial charge < -0.3 is 21.3 Å². The highest BCUT2D eigenvalue weighted by molar-refractivity contribution is 6.31. The van der Waals surface area contributed by atoms with Gasteiger partial charge in [0.15, 0.2) is 0 Å². The zero-order chi connectivity index (χ0) is 25.0. The molecule has 3 rings (SSSR count). The molecule has 2 aliphatic rings. The summed E-state index contributed by atoms with van der Waals surface area (Å²) < 4.78 is 0. The number of nitrogens with zero attached hydrogens (tertiary/aromatic N) is 1. The van der Waals surface area contributed by atoms with Gasteiger partial charge in [-0.2, -0.15) is 0 Å². The summed E-state index contributed by atoms with van der Waals surface area (Å²) in [6.07, 6.45) is 16.3. The highest BCUT2D eigenvalue weighted by Gasteiger charge is 2.27. The number of carbonyl (C=O) groups excluding carboxylic acids is 2. The van der Waals surface area contributed by atoms with E-state index in [2.05, 4.69) is 27.8 Å². The molecule has 0 saturated heterocycles. The van der Waals surface area contributed by atoms with E-state index in [1.165, 1.54) is 6.08 Å². The summed E-state index contributed by atoms with van der Waals surface area (Å²) in [6, 6.07) is 5.51. The molecule has 7 nitrogen and oxygen atoms in total. The first kappa shape index (κ1) is 26.0. The lowest BCUT2D eigenvalue weighted by molar-refractivity contribution is -0.117. The van der Waals surface area contributed by atoms with Crippen LogP contribution in [0.2, 0.25) is 0 Å². The van der Waals surface area contributed by atoms with Crippen LogP contribution in [0.1, 0.15) is 37.3 Å². The van der Waals surface area contributed by atoms with Crippen molar-refractivity contribution in [2.75, 3.05) is 24.2 Å². The molecular weight excluding hydrogens is 462 g/mol. The Labute approximate surface area is 211 Å². The summed E-state index contributed by atoms with van der Waals surface area (Å²) in [6.45, 7) is 4.12. The standard InChI is InChI=1S/C27H32ClN5O2/c1-3-4-10-19(28)11-8-9-14-25(34)31-22-12-6-5-7-13-26(35)32-23-17-20(29-2)15-16-21(23)24-18-30-27(22)33-24/h3-6,9-11,14-17,22,24,29H,1,7-8,12-13,18H2,2H3,(H,30,33)(H,31,34)(H,32,35)/b6-5+,10-4-,14-9+,19-11+/t22-,24?/m0/s1. The third-order valence-corrected chi connectivity index (χ3v) is 5.87. The number of carbonyl (C=O) groups is 2. The van der Waals surface area contributed by atoms with Crippen LogP contribution in [0.4, 0.5) is 11.4 Å². The molecule has 184 valence electrons. The topological polar surface area (TPSA) is 94.6 Å². The lowest BCUT2D eigenvalue weighted by atomic mass is 10.0. The number of hydrogen-bond acceptors (Lipinski definition) is 5. The summed E-state index contributed by atoms with van der Waals surface area (Å²) in [5.74, 6) is 0.488. The smallest absolute Gasteiger partial charge is 0.244 e. The second kappa shape index (κ2) is 13.3. The van der Waals surface area contributed by atoms with Gasteiger partial charge in [-0.3, -0.25) is 14.6 Å². The van der Waals surface area contributed by atoms with Crippen LogP contribution in [-0.4, -0.2) is 37.3 Å². The first-order valence-corrected chi connectivity index (χ1v) is 12.1. The van der Waals surface area contributed by atoms with E-state index in [0.29, 0.717) is 37.3 Å². The van der Waals surface area contributed by atoms with Crippen LogP contribution >= 0.6 is 11.6 Å². The van der Waals surface area contributed by atoms with E-state index in [1.54, 1.807) is 24.3 Å². The number of anilines is 2. The number of rotatable bonds is 7. The molecule has 1 aromatic rings. The van der Waals surface area contributed by atoms with Gasteiger partial charge >= 0.3 is 0 Å². The van der Waals surface area contributed by atoms with Gasteiger partial charge in [-0.25, -0.2) is 0 Å². The van der Waals surface area contributed by atoms with Crippen molar-refractivity contribution in [3.63, 3.8) is 0 Å². The number of hydrogen-bond donors (Lipinski definition) is 4. The predicted molar refractivity (Wildman–Crippen MR) is 145 cm³/mol. The molecule has 2 atom stereocenters. The number of allylic oxidation sites excluding steroid dienone is 7. The van der Waals surface area contributed by atoms with Crippen molar-refractivity contribution in [2.45, 2.75) is 37.8 Å². The monoisotopic (exact) mass is 493 g/mol. The Morgan fingerprint density at radius 3 is 2.97 bits per heavy atom.